The highest BCUT2D eigenvalue weighted by atomic mass is 19.1. The number of halogens is 1. The fourth-order valence-electron chi connectivity index (χ4n) is 4.05. The van der Waals surface area contributed by atoms with E-state index in [1.807, 2.05) is 32.1 Å². The van der Waals surface area contributed by atoms with Crippen LogP contribution in [-0.4, -0.2) is 30.0 Å². The van der Waals surface area contributed by atoms with E-state index in [0.717, 1.165) is 5.56 Å². The van der Waals surface area contributed by atoms with Crippen molar-refractivity contribution in [3.8, 4) is 0 Å². The molecule has 1 amide bonds. The van der Waals surface area contributed by atoms with Crippen molar-refractivity contribution >= 4 is 29.3 Å². The van der Waals surface area contributed by atoms with Crippen LogP contribution in [0.2, 0.25) is 0 Å². The fourth-order valence-corrected chi connectivity index (χ4v) is 4.05. The van der Waals surface area contributed by atoms with E-state index in [-0.39, 0.29) is 30.0 Å². The van der Waals surface area contributed by atoms with Crippen LogP contribution in [0, 0.1) is 15.9 Å². The molecule has 0 bridgehead atoms. The topological polar surface area (TPSA) is 89.8 Å². The number of nitro groups is 1. The van der Waals surface area contributed by atoms with Gasteiger partial charge in [-0.1, -0.05) is 56.3 Å². The van der Waals surface area contributed by atoms with Gasteiger partial charge in [-0.15, -0.1) is 0 Å². The summed E-state index contributed by atoms with van der Waals surface area (Å²) < 4.78 is 19.2. The number of carbonyl (C=O) groups excluding carboxylic acids is 2. The van der Waals surface area contributed by atoms with E-state index >= 15 is 0 Å². The Hall–Kier alpha value is -4.33. The number of esters is 1. The summed E-state index contributed by atoms with van der Waals surface area (Å²) in [6.45, 7) is 3.78. The summed E-state index contributed by atoms with van der Waals surface area (Å²) in [7, 11) is 0. The number of carbonyl (C=O) groups is 2. The molecule has 0 saturated heterocycles. The van der Waals surface area contributed by atoms with Gasteiger partial charge in [0.2, 0.25) is 0 Å². The minimum atomic E-state index is -0.828. The van der Waals surface area contributed by atoms with Crippen LogP contribution in [-0.2, 0) is 10.2 Å². The highest BCUT2D eigenvalue weighted by Crippen LogP contribution is 2.37. The summed E-state index contributed by atoms with van der Waals surface area (Å²) in [6, 6.07) is 17.0. The van der Waals surface area contributed by atoms with Crippen LogP contribution in [0.3, 0.4) is 0 Å². The molecule has 0 fully saturated rings. The average Bonchev–Trinajstić information content (AvgIpc) is 2.87. The van der Waals surface area contributed by atoms with Crippen molar-refractivity contribution in [2.75, 3.05) is 18.1 Å². The molecular weight excluding hydrogens is 451 g/mol. The maximum absolute atomic E-state index is 13.9. The molecule has 0 spiro atoms. The van der Waals surface area contributed by atoms with Crippen LogP contribution in [0.5, 0.6) is 0 Å². The Kier molecular flexibility index (Phi) is 6.46. The number of non-ortho nitro benzene ring substituents is 1. The van der Waals surface area contributed by atoms with Gasteiger partial charge in [-0.2, -0.15) is 0 Å². The second-order valence-corrected chi connectivity index (χ2v) is 8.67. The second-order valence-electron chi connectivity index (χ2n) is 8.67. The molecule has 8 heteroatoms. The lowest BCUT2D eigenvalue weighted by Crippen LogP contribution is -2.36. The van der Waals surface area contributed by atoms with Crippen molar-refractivity contribution in [2.24, 2.45) is 0 Å². The van der Waals surface area contributed by atoms with E-state index in [0.29, 0.717) is 11.3 Å². The van der Waals surface area contributed by atoms with Gasteiger partial charge in [-0.3, -0.25) is 14.9 Å². The number of fused-ring (bicyclic) bond motifs is 2. The third-order valence-corrected chi connectivity index (χ3v) is 5.93. The van der Waals surface area contributed by atoms with Gasteiger partial charge in [0.15, 0.2) is 0 Å². The molecular formula is C27H23FN2O5. The number of hydrogen-bond donors (Lipinski definition) is 0. The van der Waals surface area contributed by atoms with Crippen molar-refractivity contribution in [3.63, 3.8) is 0 Å². The Morgan fingerprint density at radius 3 is 2.54 bits per heavy atom. The van der Waals surface area contributed by atoms with Crippen molar-refractivity contribution in [1.29, 1.82) is 0 Å². The lowest BCUT2D eigenvalue weighted by Gasteiger charge is -2.30. The van der Waals surface area contributed by atoms with Crippen LogP contribution in [0.4, 0.5) is 15.8 Å². The fraction of sp³-hybridized carbons (Fsp3) is 0.185. The van der Waals surface area contributed by atoms with Crippen molar-refractivity contribution in [2.45, 2.75) is 19.3 Å². The SMILES string of the molecule is CC1(C)C=Cc2cc([N+](=O)[O-])ccc2C(=O)N(CCOC(=O)c2ccccc2F)c2ccccc21. The number of nitrogens with zero attached hydrogens (tertiary/aromatic N) is 2. The van der Waals surface area contributed by atoms with Crippen LogP contribution >= 0.6 is 0 Å². The molecule has 1 heterocycles. The summed E-state index contributed by atoms with van der Waals surface area (Å²) in [5, 5.41) is 11.3. The summed E-state index contributed by atoms with van der Waals surface area (Å²) >= 11 is 0. The molecule has 7 nitrogen and oxygen atoms in total. The predicted octanol–water partition coefficient (Wildman–Crippen LogP) is 5.54. The van der Waals surface area contributed by atoms with Gasteiger partial charge in [0.25, 0.3) is 11.6 Å². The quantitative estimate of drug-likeness (QED) is 0.275. The van der Waals surface area contributed by atoms with Crippen LogP contribution < -0.4 is 4.90 Å². The van der Waals surface area contributed by atoms with Crippen LogP contribution in [0.1, 0.15) is 45.7 Å². The maximum Gasteiger partial charge on any atom is 0.341 e. The Labute approximate surface area is 201 Å². The molecule has 0 saturated carbocycles. The number of hydrogen-bond acceptors (Lipinski definition) is 5. The molecule has 35 heavy (non-hydrogen) atoms. The van der Waals surface area contributed by atoms with Crippen LogP contribution in [0.15, 0.2) is 72.8 Å². The molecule has 1 aliphatic rings. The smallest absolute Gasteiger partial charge is 0.341 e. The van der Waals surface area contributed by atoms with E-state index in [2.05, 4.69) is 0 Å². The Bertz CT molecular complexity index is 1350. The number of ether oxygens (including phenoxy) is 1. The first-order valence-corrected chi connectivity index (χ1v) is 11.0. The Morgan fingerprint density at radius 2 is 1.80 bits per heavy atom. The molecule has 0 N–H and O–H groups in total. The Morgan fingerprint density at radius 1 is 1.09 bits per heavy atom. The second kappa shape index (κ2) is 9.50. The zero-order chi connectivity index (χ0) is 25.2. The van der Waals surface area contributed by atoms with Gasteiger partial charge in [0, 0.05) is 28.8 Å². The van der Waals surface area contributed by atoms with E-state index in [1.165, 1.54) is 47.4 Å². The van der Waals surface area contributed by atoms with E-state index in [1.54, 1.807) is 18.2 Å². The summed E-state index contributed by atoms with van der Waals surface area (Å²) in [5.41, 5.74) is 1.34. The molecule has 0 aliphatic carbocycles. The first-order chi connectivity index (χ1) is 16.7. The third-order valence-electron chi connectivity index (χ3n) is 5.93. The molecule has 3 aromatic carbocycles. The molecule has 178 valence electrons. The third kappa shape index (κ3) is 4.82. The lowest BCUT2D eigenvalue weighted by molar-refractivity contribution is -0.384. The summed E-state index contributed by atoms with van der Waals surface area (Å²) in [4.78, 5) is 38.4. The summed E-state index contributed by atoms with van der Waals surface area (Å²) in [6.07, 6.45) is 3.63. The average molecular weight is 474 g/mol. The normalized spacial score (nSPS) is 14.3. The van der Waals surface area contributed by atoms with E-state index in [4.69, 9.17) is 4.74 Å². The van der Waals surface area contributed by atoms with E-state index in [9.17, 15) is 24.1 Å². The van der Waals surface area contributed by atoms with Crippen LogP contribution in [0.25, 0.3) is 6.08 Å². The van der Waals surface area contributed by atoms with Gasteiger partial charge in [0.05, 0.1) is 17.0 Å². The van der Waals surface area contributed by atoms with Crippen molar-refractivity contribution in [3.05, 3.63) is 111 Å². The highest BCUT2D eigenvalue weighted by molar-refractivity contribution is 6.09. The lowest BCUT2D eigenvalue weighted by atomic mass is 9.82. The maximum atomic E-state index is 13.9. The number of allylic oxidation sites excluding steroid dienone is 1. The minimum Gasteiger partial charge on any atom is -0.460 e. The van der Waals surface area contributed by atoms with Gasteiger partial charge >= 0.3 is 5.97 Å². The first kappa shape index (κ1) is 23.8. The monoisotopic (exact) mass is 474 g/mol. The number of amides is 1. The predicted molar refractivity (Wildman–Crippen MR) is 130 cm³/mol. The molecule has 0 radical (unpaired) electrons. The zero-order valence-corrected chi connectivity index (χ0v) is 19.2. The Balaban J connectivity index is 1.71. The number of rotatable bonds is 5. The van der Waals surface area contributed by atoms with Gasteiger partial charge in [-0.25, -0.2) is 9.18 Å². The summed E-state index contributed by atoms with van der Waals surface area (Å²) in [5.74, 6) is -1.91. The molecule has 0 atom stereocenters. The molecule has 0 unspecified atom stereocenters. The highest BCUT2D eigenvalue weighted by Gasteiger charge is 2.30. The standard InChI is InChI=1S/C27H23FN2O5/c1-27(2)14-13-18-17-19(30(33)34)11-12-20(18)25(31)29(24-10-6-4-8-22(24)27)15-16-35-26(32)21-7-3-5-9-23(21)28/h3-14,17H,15-16H2,1-2H3. The molecule has 3 aromatic rings. The largest absolute Gasteiger partial charge is 0.460 e. The van der Waals surface area contributed by atoms with Crippen molar-refractivity contribution in [1.82, 2.24) is 0 Å². The van der Waals surface area contributed by atoms with Gasteiger partial charge < -0.3 is 9.64 Å². The number of para-hydroxylation sites is 1. The number of benzene rings is 3. The zero-order valence-electron chi connectivity index (χ0n) is 19.2. The number of nitro benzene ring substituents is 1. The number of anilines is 1. The van der Waals surface area contributed by atoms with Gasteiger partial charge in [0.1, 0.15) is 12.4 Å². The molecule has 1 aliphatic heterocycles. The molecule has 0 aromatic heterocycles. The van der Waals surface area contributed by atoms with E-state index < -0.39 is 28.0 Å². The first-order valence-electron chi connectivity index (χ1n) is 11.0. The van der Waals surface area contributed by atoms with Gasteiger partial charge in [-0.05, 0) is 35.4 Å². The minimum absolute atomic E-state index is 0.00253. The van der Waals surface area contributed by atoms with Crippen molar-refractivity contribution < 1.29 is 23.6 Å². The molecule has 4 rings (SSSR count).